The van der Waals surface area contributed by atoms with Crippen LogP contribution in [0.5, 0.6) is 0 Å². The van der Waals surface area contributed by atoms with E-state index in [1.165, 1.54) is 0 Å². The molecule has 1 amide bonds. The normalized spacial score (nSPS) is 10.6. The molecule has 0 aliphatic rings. The molecule has 0 atom stereocenters. The monoisotopic (exact) mass is 256 g/mol. The number of nitriles is 1. The van der Waals surface area contributed by atoms with Crippen molar-refractivity contribution in [2.24, 2.45) is 0 Å². The SMILES string of the molecule is N#CCNC(=O)CS(=O)(=O)c1ccc(F)cc1. The predicted octanol–water partition coefficient (Wildman–Crippen LogP) is 0.239. The van der Waals surface area contributed by atoms with Crippen LogP contribution in [0.1, 0.15) is 0 Å². The first kappa shape index (κ1) is 13.1. The van der Waals surface area contributed by atoms with Crippen molar-refractivity contribution >= 4 is 15.7 Å². The zero-order valence-electron chi connectivity index (χ0n) is 8.68. The van der Waals surface area contributed by atoms with Gasteiger partial charge in [-0.2, -0.15) is 5.26 Å². The second-order valence-corrected chi connectivity index (χ2v) is 5.14. The molecule has 17 heavy (non-hydrogen) atoms. The molecule has 1 N–H and O–H groups in total. The number of amides is 1. The number of nitrogens with one attached hydrogen (secondary N) is 1. The lowest BCUT2D eigenvalue weighted by Gasteiger charge is -2.03. The molecule has 5 nitrogen and oxygen atoms in total. The van der Waals surface area contributed by atoms with Crippen LogP contribution in [-0.4, -0.2) is 26.6 Å². The number of sulfone groups is 1. The maximum atomic E-state index is 12.6. The lowest BCUT2D eigenvalue weighted by atomic mass is 10.4. The summed E-state index contributed by atoms with van der Waals surface area (Å²) in [5.74, 6) is -2.09. The zero-order chi connectivity index (χ0) is 12.9. The summed E-state index contributed by atoms with van der Waals surface area (Å²) in [7, 11) is -3.79. The minimum absolute atomic E-state index is 0.133. The Bertz CT molecular complexity index is 546. The Labute approximate surface area is 97.8 Å². The maximum Gasteiger partial charge on any atom is 0.236 e. The highest BCUT2D eigenvalue weighted by Crippen LogP contribution is 2.11. The van der Waals surface area contributed by atoms with Gasteiger partial charge in [0.15, 0.2) is 9.84 Å². The second kappa shape index (κ2) is 5.41. The zero-order valence-corrected chi connectivity index (χ0v) is 9.50. The third-order valence-electron chi connectivity index (χ3n) is 1.86. The van der Waals surface area contributed by atoms with E-state index in [9.17, 15) is 17.6 Å². The Morgan fingerprint density at radius 1 is 1.35 bits per heavy atom. The first-order valence-corrected chi connectivity index (χ1v) is 6.23. The molecule has 7 heteroatoms. The summed E-state index contributed by atoms with van der Waals surface area (Å²) in [6.07, 6.45) is 0. The summed E-state index contributed by atoms with van der Waals surface area (Å²) in [4.78, 5) is 11.0. The van der Waals surface area contributed by atoms with Gasteiger partial charge in [-0.15, -0.1) is 0 Å². The van der Waals surface area contributed by atoms with Gasteiger partial charge in [-0.1, -0.05) is 0 Å². The van der Waals surface area contributed by atoms with E-state index >= 15 is 0 Å². The van der Waals surface area contributed by atoms with E-state index in [0.717, 1.165) is 24.3 Å². The molecule has 90 valence electrons. The van der Waals surface area contributed by atoms with Crippen LogP contribution < -0.4 is 5.32 Å². The van der Waals surface area contributed by atoms with Crippen molar-refractivity contribution in [1.82, 2.24) is 5.32 Å². The number of halogens is 1. The van der Waals surface area contributed by atoms with E-state index in [1.54, 1.807) is 6.07 Å². The molecule has 1 aromatic rings. The number of rotatable bonds is 4. The van der Waals surface area contributed by atoms with Crippen molar-refractivity contribution in [2.75, 3.05) is 12.3 Å². The van der Waals surface area contributed by atoms with Crippen LogP contribution in [-0.2, 0) is 14.6 Å². The number of benzene rings is 1. The first-order valence-electron chi connectivity index (χ1n) is 4.57. The van der Waals surface area contributed by atoms with E-state index < -0.39 is 27.3 Å². The molecule has 0 unspecified atom stereocenters. The van der Waals surface area contributed by atoms with Gasteiger partial charge in [-0.05, 0) is 24.3 Å². The van der Waals surface area contributed by atoms with Crippen LogP contribution in [0.3, 0.4) is 0 Å². The fourth-order valence-electron chi connectivity index (χ4n) is 1.09. The molecule has 0 aliphatic heterocycles. The van der Waals surface area contributed by atoms with E-state index in [2.05, 4.69) is 5.32 Å². The molecule has 1 rings (SSSR count). The Morgan fingerprint density at radius 3 is 2.47 bits per heavy atom. The minimum Gasteiger partial charge on any atom is -0.342 e. The van der Waals surface area contributed by atoms with Crippen molar-refractivity contribution in [3.63, 3.8) is 0 Å². The Balaban J connectivity index is 2.79. The van der Waals surface area contributed by atoms with Gasteiger partial charge in [0, 0.05) is 0 Å². The van der Waals surface area contributed by atoms with Crippen molar-refractivity contribution < 1.29 is 17.6 Å². The van der Waals surface area contributed by atoms with Crippen LogP contribution in [0.4, 0.5) is 4.39 Å². The molecule has 0 aromatic heterocycles. The maximum absolute atomic E-state index is 12.6. The Kier molecular flexibility index (Phi) is 4.17. The molecule has 0 saturated carbocycles. The van der Waals surface area contributed by atoms with Gasteiger partial charge in [-0.3, -0.25) is 4.79 Å². The van der Waals surface area contributed by atoms with Crippen LogP contribution in [0, 0.1) is 17.1 Å². The average Bonchev–Trinajstić information content (AvgIpc) is 2.26. The van der Waals surface area contributed by atoms with Crippen LogP contribution in [0.15, 0.2) is 29.2 Å². The summed E-state index contributed by atoms with van der Waals surface area (Å²) in [6.45, 7) is -0.252. The van der Waals surface area contributed by atoms with Gasteiger partial charge in [0.05, 0.1) is 11.0 Å². The number of nitrogens with zero attached hydrogens (tertiary/aromatic N) is 1. The summed E-state index contributed by atoms with van der Waals surface area (Å²) >= 11 is 0. The third kappa shape index (κ3) is 3.85. The summed E-state index contributed by atoms with van der Waals surface area (Å²) in [6, 6.07) is 5.83. The topological polar surface area (TPSA) is 87.0 Å². The van der Waals surface area contributed by atoms with E-state index in [-0.39, 0.29) is 11.4 Å². The molecular formula is C10H9FN2O3S. The first-order chi connectivity index (χ1) is 7.95. The smallest absolute Gasteiger partial charge is 0.236 e. The van der Waals surface area contributed by atoms with E-state index in [4.69, 9.17) is 5.26 Å². The Morgan fingerprint density at radius 2 is 1.94 bits per heavy atom. The van der Waals surface area contributed by atoms with Crippen molar-refractivity contribution in [3.8, 4) is 6.07 Å². The molecule has 0 spiro atoms. The number of carbonyl (C=O) groups excluding carboxylic acids is 1. The Hall–Kier alpha value is -1.94. The van der Waals surface area contributed by atoms with Gasteiger partial charge in [0.25, 0.3) is 0 Å². The number of hydrogen-bond acceptors (Lipinski definition) is 4. The van der Waals surface area contributed by atoms with Crippen molar-refractivity contribution in [3.05, 3.63) is 30.1 Å². The van der Waals surface area contributed by atoms with Gasteiger partial charge < -0.3 is 5.32 Å². The van der Waals surface area contributed by atoms with Crippen molar-refractivity contribution in [2.45, 2.75) is 4.90 Å². The van der Waals surface area contributed by atoms with Gasteiger partial charge in [0.2, 0.25) is 5.91 Å². The minimum atomic E-state index is -3.79. The highest BCUT2D eigenvalue weighted by atomic mass is 32.2. The average molecular weight is 256 g/mol. The molecule has 1 aromatic carbocycles. The quantitative estimate of drug-likeness (QED) is 0.617. The third-order valence-corrected chi connectivity index (χ3v) is 3.49. The summed E-state index contributed by atoms with van der Waals surface area (Å²) in [5.41, 5.74) is 0. The van der Waals surface area contributed by atoms with Gasteiger partial charge in [-0.25, -0.2) is 12.8 Å². The fourth-order valence-corrected chi connectivity index (χ4v) is 2.25. The largest absolute Gasteiger partial charge is 0.342 e. The van der Waals surface area contributed by atoms with Crippen LogP contribution >= 0.6 is 0 Å². The lowest BCUT2D eigenvalue weighted by molar-refractivity contribution is -0.118. The molecule has 0 radical (unpaired) electrons. The number of hydrogen-bond donors (Lipinski definition) is 1. The summed E-state index contributed by atoms with van der Waals surface area (Å²) < 4.78 is 35.9. The summed E-state index contributed by atoms with van der Waals surface area (Å²) in [5, 5.41) is 10.3. The molecule has 0 bridgehead atoms. The number of carbonyl (C=O) groups is 1. The lowest BCUT2D eigenvalue weighted by Crippen LogP contribution is -2.30. The van der Waals surface area contributed by atoms with E-state index in [0.29, 0.717) is 0 Å². The van der Waals surface area contributed by atoms with Crippen molar-refractivity contribution in [1.29, 1.82) is 5.26 Å². The predicted molar refractivity (Wildman–Crippen MR) is 57.1 cm³/mol. The highest BCUT2D eigenvalue weighted by molar-refractivity contribution is 7.92. The molecule has 0 aliphatic carbocycles. The molecule has 0 fully saturated rings. The fraction of sp³-hybridized carbons (Fsp3) is 0.200. The molecule has 0 heterocycles. The molecular weight excluding hydrogens is 247 g/mol. The van der Waals surface area contributed by atoms with Crippen LogP contribution in [0.25, 0.3) is 0 Å². The van der Waals surface area contributed by atoms with Crippen LogP contribution in [0.2, 0.25) is 0 Å². The van der Waals surface area contributed by atoms with Gasteiger partial charge >= 0.3 is 0 Å². The molecule has 0 saturated heterocycles. The standard InChI is InChI=1S/C10H9FN2O3S/c11-8-1-3-9(4-2-8)17(15,16)7-10(14)13-6-5-12/h1-4H,6-7H2,(H,13,14). The van der Waals surface area contributed by atoms with Gasteiger partial charge in [0.1, 0.15) is 18.1 Å². The second-order valence-electron chi connectivity index (χ2n) is 3.15. The highest BCUT2D eigenvalue weighted by Gasteiger charge is 2.18. The van der Waals surface area contributed by atoms with E-state index in [1.807, 2.05) is 0 Å².